The van der Waals surface area contributed by atoms with Crippen LogP contribution in [0.5, 0.6) is 11.5 Å². The standard InChI is InChI=1S/C26H30N6O3/c1-26(2,3)32-24(30-11-7-8-12-30)19-15-31(16-21(19)28-32)25(33)22-14-20(27-29(22)4)18-13-17(34-5)9-10-23(18)35-6/h7-14H,15-16H2,1-6H3. The number of carbonyl (C=O) groups excluding carboxylic acids is 1. The van der Waals surface area contributed by atoms with Gasteiger partial charge in [-0.15, -0.1) is 0 Å². The average Bonchev–Trinajstić information content (AvgIpc) is 3.60. The van der Waals surface area contributed by atoms with Crippen LogP contribution in [0.1, 0.15) is 42.5 Å². The molecule has 0 radical (unpaired) electrons. The van der Waals surface area contributed by atoms with Crippen LogP contribution in [0, 0.1) is 0 Å². The van der Waals surface area contributed by atoms with Gasteiger partial charge in [0.15, 0.2) is 0 Å². The summed E-state index contributed by atoms with van der Waals surface area (Å²) in [7, 11) is 5.01. The molecular weight excluding hydrogens is 444 g/mol. The van der Waals surface area contributed by atoms with Crippen LogP contribution < -0.4 is 9.47 Å². The summed E-state index contributed by atoms with van der Waals surface area (Å²) in [4.78, 5) is 15.4. The highest BCUT2D eigenvalue weighted by Gasteiger charge is 2.35. The monoisotopic (exact) mass is 474 g/mol. The van der Waals surface area contributed by atoms with E-state index in [1.54, 1.807) is 32.0 Å². The molecule has 0 atom stereocenters. The summed E-state index contributed by atoms with van der Waals surface area (Å²) in [6.45, 7) is 7.34. The first-order chi connectivity index (χ1) is 16.7. The molecule has 4 aromatic rings. The minimum atomic E-state index is -0.189. The Kier molecular flexibility index (Phi) is 5.42. The summed E-state index contributed by atoms with van der Waals surface area (Å²) in [6, 6.07) is 11.3. The third-order valence-electron chi connectivity index (χ3n) is 6.28. The van der Waals surface area contributed by atoms with Crippen molar-refractivity contribution in [2.24, 2.45) is 7.05 Å². The van der Waals surface area contributed by atoms with Gasteiger partial charge in [0.2, 0.25) is 0 Å². The predicted molar refractivity (Wildman–Crippen MR) is 132 cm³/mol. The summed E-state index contributed by atoms with van der Waals surface area (Å²) in [5.74, 6) is 2.26. The number of hydrogen-bond donors (Lipinski definition) is 0. The maximum absolute atomic E-state index is 13.6. The topological polar surface area (TPSA) is 79.3 Å². The molecule has 4 heterocycles. The van der Waals surface area contributed by atoms with E-state index in [1.807, 2.05) is 47.6 Å². The molecule has 5 rings (SSSR count). The minimum absolute atomic E-state index is 0.0909. The first-order valence-corrected chi connectivity index (χ1v) is 11.5. The number of aryl methyl sites for hydroxylation is 1. The molecule has 35 heavy (non-hydrogen) atoms. The van der Waals surface area contributed by atoms with Crippen molar-refractivity contribution in [3.8, 4) is 28.6 Å². The lowest BCUT2D eigenvalue weighted by Crippen LogP contribution is -2.30. The fraction of sp³-hybridized carbons (Fsp3) is 0.346. The Bertz CT molecular complexity index is 1390. The molecule has 0 unspecified atom stereocenters. The molecule has 182 valence electrons. The van der Waals surface area contributed by atoms with E-state index in [1.165, 1.54) is 0 Å². The molecule has 1 amide bonds. The van der Waals surface area contributed by atoms with Crippen molar-refractivity contribution in [2.45, 2.75) is 39.4 Å². The van der Waals surface area contributed by atoms with Crippen LogP contribution in [0.25, 0.3) is 17.1 Å². The molecule has 1 aliphatic heterocycles. The van der Waals surface area contributed by atoms with Gasteiger partial charge in [0.05, 0.1) is 44.2 Å². The minimum Gasteiger partial charge on any atom is -0.497 e. The third kappa shape index (κ3) is 3.86. The smallest absolute Gasteiger partial charge is 0.272 e. The quantitative estimate of drug-likeness (QED) is 0.437. The number of aromatic nitrogens is 5. The highest BCUT2D eigenvalue weighted by atomic mass is 16.5. The fourth-order valence-corrected chi connectivity index (χ4v) is 4.53. The zero-order valence-electron chi connectivity index (χ0n) is 20.9. The summed E-state index contributed by atoms with van der Waals surface area (Å²) >= 11 is 0. The van der Waals surface area contributed by atoms with Crippen LogP contribution in [0.4, 0.5) is 0 Å². The Labute approximate surface area is 204 Å². The molecule has 0 saturated heterocycles. The molecule has 1 aromatic carbocycles. The number of amides is 1. The van der Waals surface area contributed by atoms with Crippen LogP contribution >= 0.6 is 0 Å². The number of fused-ring (bicyclic) bond motifs is 1. The first-order valence-electron chi connectivity index (χ1n) is 11.5. The second kappa shape index (κ2) is 8.33. The van der Waals surface area contributed by atoms with E-state index in [4.69, 9.17) is 14.6 Å². The van der Waals surface area contributed by atoms with E-state index >= 15 is 0 Å². The van der Waals surface area contributed by atoms with E-state index in [9.17, 15) is 4.79 Å². The molecule has 0 N–H and O–H groups in total. The predicted octanol–water partition coefficient (Wildman–Crippen LogP) is 4.00. The van der Waals surface area contributed by atoms with Crippen LogP contribution in [-0.2, 0) is 25.7 Å². The second-order valence-electron chi connectivity index (χ2n) is 9.69. The zero-order chi connectivity index (χ0) is 24.9. The van der Waals surface area contributed by atoms with Crippen molar-refractivity contribution in [3.63, 3.8) is 0 Å². The Balaban J connectivity index is 1.47. The normalized spacial score (nSPS) is 13.3. The molecule has 9 heteroatoms. The van der Waals surface area contributed by atoms with Crippen LogP contribution in [0.2, 0.25) is 0 Å². The number of rotatable bonds is 5. The number of nitrogens with zero attached hydrogens (tertiary/aromatic N) is 6. The molecule has 0 aliphatic carbocycles. The molecule has 0 bridgehead atoms. The summed E-state index contributed by atoms with van der Waals surface area (Å²) in [5, 5.41) is 9.52. The lowest BCUT2D eigenvalue weighted by atomic mass is 10.1. The largest absolute Gasteiger partial charge is 0.497 e. The van der Waals surface area contributed by atoms with Crippen LogP contribution in [0.15, 0.2) is 48.8 Å². The fourth-order valence-electron chi connectivity index (χ4n) is 4.53. The molecule has 0 spiro atoms. The van der Waals surface area contributed by atoms with Gasteiger partial charge in [-0.05, 0) is 57.2 Å². The van der Waals surface area contributed by atoms with E-state index in [0.29, 0.717) is 36.0 Å². The SMILES string of the molecule is COc1ccc(OC)c(-c2cc(C(=O)N3Cc4nn(C(C)(C)C)c(-n5cccc5)c4C3)n(C)n2)c1. The van der Waals surface area contributed by atoms with Gasteiger partial charge in [-0.2, -0.15) is 10.2 Å². The van der Waals surface area contributed by atoms with Crippen molar-refractivity contribution in [1.82, 2.24) is 29.0 Å². The zero-order valence-corrected chi connectivity index (χ0v) is 20.9. The summed E-state index contributed by atoms with van der Waals surface area (Å²) in [5.41, 5.74) is 3.72. The third-order valence-corrected chi connectivity index (χ3v) is 6.28. The maximum atomic E-state index is 13.6. The van der Waals surface area contributed by atoms with E-state index in [-0.39, 0.29) is 11.4 Å². The van der Waals surface area contributed by atoms with Gasteiger partial charge in [0.25, 0.3) is 5.91 Å². The molecule has 3 aromatic heterocycles. The highest BCUT2D eigenvalue weighted by molar-refractivity contribution is 5.94. The van der Waals surface area contributed by atoms with Crippen molar-refractivity contribution in [1.29, 1.82) is 0 Å². The van der Waals surface area contributed by atoms with Crippen LogP contribution in [0.3, 0.4) is 0 Å². The second-order valence-corrected chi connectivity index (χ2v) is 9.69. The van der Waals surface area contributed by atoms with Gasteiger partial charge in [0, 0.05) is 30.6 Å². The lowest BCUT2D eigenvalue weighted by Gasteiger charge is -2.24. The van der Waals surface area contributed by atoms with E-state index in [2.05, 4.69) is 35.1 Å². The molecule has 0 fully saturated rings. The average molecular weight is 475 g/mol. The van der Waals surface area contributed by atoms with Crippen molar-refractivity contribution < 1.29 is 14.3 Å². The maximum Gasteiger partial charge on any atom is 0.272 e. The summed E-state index contributed by atoms with van der Waals surface area (Å²) < 4.78 is 16.6. The number of carbonyl (C=O) groups is 1. The number of ether oxygens (including phenoxy) is 2. The van der Waals surface area contributed by atoms with Gasteiger partial charge >= 0.3 is 0 Å². The number of benzene rings is 1. The number of methoxy groups -OCH3 is 2. The Morgan fingerprint density at radius 1 is 1.00 bits per heavy atom. The molecule has 1 aliphatic rings. The Morgan fingerprint density at radius 2 is 1.74 bits per heavy atom. The van der Waals surface area contributed by atoms with Gasteiger partial charge in [-0.3, -0.25) is 9.48 Å². The Morgan fingerprint density at radius 3 is 2.40 bits per heavy atom. The lowest BCUT2D eigenvalue weighted by molar-refractivity contribution is 0.0737. The molecule has 0 saturated carbocycles. The first kappa shape index (κ1) is 22.8. The van der Waals surface area contributed by atoms with Gasteiger partial charge < -0.3 is 18.9 Å². The van der Waals surface area contributed by atoms with E-state index < -0.39 is 0 Å². The van der Waals surface area contributed by atoms with Crippen LogP contribution in [-0.4, -0.2) is 49.2 Å². The van der Waals surface area contributed by atoms with Gasteiger partial charge in [0.1, 0.15) is 23.0 Å². The Hall–Kier alpha value is -4.01. The molecular formula is C26H30N6O3. The summed E-state index contributed by atoms with van der Waals surface area (Å²) in [6.07, 6.45) is 4.03. The highest BCUT2D eigenvalue weighted by Crippen LogP contribution is 2.35. The van der Waals surface area contributed by atoms with Crippen molar-refractivity contribution in [2.75, 3.05) is 14.2 Å². The number of hydrogen-bond acceptors (Lipinski definition) is 5. The van der Waals surface area contributed by atoms with Crippen molar-refractivity contribution >= 4 is 5.91 Å². The molecule has 9 nitrogen and oxygen atoms in total. The van der Waals surface area contributed by atoms with Crippen molar-refractivity contribution in [3.05, 3.63) is 65.7 Å². The van der Waals surface area contributed by atoms with Gasteiger partial charge in [-0.1, -0.05) is 0 Å². The van der Waals surface area contributed by atoms with Gasteiger partial charge in [-0.25, -0.2) is 4.68 Å². The van der Waals surface area contributed by atoms with E-state index in [0.717, 1.165) is 22.6 Å².